The van der Waals surface area contributed by atoms with Gasteiger partial charge in [0.25, 0.3) is 0 Å². The summed E-state index contributed by atoms with van der Waals surface area (Å²) in [5, 5.41) is 2.35. The zero-order valence-corrected chi connectivity index (χ0v) is 17.8. The van der Waals surface area contributed by atoms with E-state index in [-0.39, 0.29) is 17.6 Å². The number of piperidine rings is 1. The van der Waals surface area contributed by atoms with Gasteiger partial charge in [0.05, 0.1) is 11.6 Å². The maximum Gasteiger partial charge on any atom is 0.234 e. The molecule has 30 heavy (non-hydrogen) atoms. The number of piperazine rings is 1. The van der Waals surface area contributed by atoms with Crippen molar-refractivity contribution in [1.29, 1.82) is 0 Å². The van der Waals surface area contributed by atoms with E-state index in [1.165, 1.54) is 18.9 Å². The molecular formula is C23H33FN4O2. The minimum atomic E-state index is -0.453. The monoisotopic (exact) mass is 416 g/mol. The van der Waals surface area contributed by atoms with Crippen LogP contribution in [0, 0.1) is 11.7 Å². The van der Waals surface area contributed by atoms with Crippen molar-refractivity contribution in [2.45, 2.75) is 63.5 Å². The Morgan fingerprint density at radius 1 is 1.13 bits per heavy atom. The van der Waals surface area contributed by atoms with Gasteiger partial charge in [-0.2, -0.15) is 0 Å². The molecule has 7 heteroatoms. The van der Waals surface area contributed by atoms with Crippen LogP contribution in [0.5, 0.6) is 0 Å². The van der Waals surface area contributed by atoms with Crippen molar-refractivity contribution in [3.8, 4) is 0 Å². The second-order valence-electron chi connectivity index (χ2n) is 9.29. The van der Waals surface area contributed by atoms with Gasteiger partial charge < -0.3 is 10.6 Å². The molecule has 4 rings (SSSR count). The van der Waals surface area contributed by atoms with E-state index in [0.717, 1.165) is 44.9 Å². The van der Waals surface area contributed by atoms with E-state index in [4.69, 9.17) is 5.73 Å². The molecule has 1 aromatic carbocycles. The highest BCUT2D eigenvalue weighted by Gasteiger charge is 2.31. The zero-order valence-electron chi connectivity index (χ0n) is 17.8. The molecule has 0 aromatic heterocycles. The van der Waals surface area contributed by atoms with Crippen molar-refractivity contribution in [1.82, 2.24) is 10.2 Å². The summed E-state index contributed by atoms with van der Waals surface area (Å²) in [5.41, 5.74) is 7.27. The molecule has 2 atom stereocenters. The molecule has 1 unspecified atom stereocenters. The second-order valence-corrected chi connectivity index (χ2v) is 9.29. The van der Waals surface area contributed by atoms with Gasteiger partial charge in [0.15, 0.2) is 0 Å². The fraction of sp³-hybridized carbons (Fsp3) is 0.652. The van der Waals surface area contributed by atoms with Crippen molar-refractivity contribution in [3.63, 3.8) is 0 Å². The topological polar surface area (TPSA) is 78.7 Å². The average Bonchev–Trinajstić information content (AvgIpc) is 2.71. The molecule has 0 bridgehead atoms. The first-order chi connectivity index (χ1) is 14.4. The lowest BCUT2D eigenvalue weighted by atomic mass is 9.86. The maximum absolute atomic E-state index is 15.0. The number of carbonyl (C=O) groups is 2. The lowest BCUT2D eigenvalue weighted by Gasteiger charge is -2.43. The second kappa shape index (κ2) is 9.02. The molecule has 3 N–H and O–H groups in total. The van der Waals surface area contributed by atoms with Crippen molar-refractivity contribution in [3.05, 3.63) is 29.6 Å². The van der Waals surface area contributed by atoms with Crippen molar-refractivity contribution in [2.24, 2.45) is 11.7 Å². The zero-order chi connectivity index (χ0) is 21.3. The van der Waals surface area contributed by atoms with E-state index < -0.39 is 5.92 Å². The van der Waals surface area contributed by atoms with Gasteiger partial charge >= 0.3 is 0 Å². The van der Waals surface area contributed by atoms with Crippen LogP contribution in [0.25, 0.3) is 0 Å². The molecule has 0 radical (unpaired) electrons. The molecule has 1 aliphatic carbocycles. The number of hydrogen-bond donors (Lipinski definition) is 2. The Bertz CT molecular complexity index is 793. The first kappa shape index (κ1) is 21.2. The summed E-state index contributed by atoms with van der Waals surface area (Å²) in [4.78, 5) is 28.1. The predicted molar refractivity (Wildman–Crippen MR) is 115 cm³/mol. The van der Waals surface area contributed by atoms with Crippen LogP contribution in [0.3, 0.4) is 0 Å². The highest BCUT2D eigenvalue weighted by atomic mass is 19.1. The van der Waals surface area contributed by atoms with Crippen molar-refractivity contribution >= 4 is 17.5 Å². The first-order valence-electron chi connectivity index (χ1n) is 11.3. The Labute approximate surface area is 178 Å². The number of halogens is 1. The molecule has 3 fully saturated rings. The van der Waals surface area contributed by atoms with Gasteiger partial charge in [-0.1, -0.05) is 6.07 Å². The van der Waals surface area contributed by atoms with Crippen LogP contribution in [0.1, 0.15) is 56.9 Å². The minimum Gasteiger partial charge on any atom is -0.366 e. The fourth-order valence-corrected chi connectivity index (χ4v) is 5.20. The first-order valence-corrected chi connectivity index (χ1v) is 11.3. The Morgan fingerprint density at radius 2 is 1.90 bits per heavy atom. The van der Waals surface area contributed by atoms with E-state index in [0.29, 0.717) is 36.2 Å². The maximum atomic E-state index is 15.0. The molecule has 164 valence electrons. The quantitative estimate of drug-likeness (QED) is 0.737. The number of amides is 2. The normalized spacial score (nSPS) is 31.0. The van der Waals surface area contributed by atoms with Gasteiger partial charge in [-0.05, 0) is 62.6 Å². The van der Waals surface area contributed by atoms with Gasteiger partial charge in [-0.15, -0.1) is 0 Å². The minimum absolute atomic E-state index is 0.253. The summed E-state index contributed by atoms with van der Waals surface area (Å²) in [6.45, 7) is 5.85. The summed E-state index contributed by atoms with van der Waals surface area (Å²) >= 11 is 0. The number of imide groups is 1. The third kappa shape index (κ3) is 4.67. The van der Waals surface area contributed by atoms with Crippen LogP contribution in [-0.4, -0.2) is 55.0 Å². The molecule has 2 aliphatic heterocycles. The van der Waals surface area contributed by atoms with E-state index in [2.05, 4.69) is 22.0 Å². The van der Waals surface area contributed by atoms with Crippen LogP contribution in [0.2, 0.25) is 0 Å². The highest BCUT2D eigenvalue weighted by molar-refractivity contribution is 6.00. The summed E-state index contributed by atoms with van der Waals surface area (Å²) in [6, 6.07) is 5.84. The molecule has 1 aromatic rings. The number of nitrogens with one attached hydrogen (secondary N) is 1. The molecular weight excluding hydrogens is 383 g/mol. The van der Waals surface area contributed by atoms with Crippen molar-refractivity contribution < 1.29 is 14.0 Å². The smallest absolute Gasteiger partial charge is 0.234 e. The van der Waals surface area contributed by atoms with Crippen molar-refractivity contribution in [2.75, 3.05) is 31.1 Å². The highest BCUT2D eigenvalue weighted by Crippen LogP contribution is 2.31. The lowest BCUT2D eigenvalue weighted by molar-refractivity contribution is -0.134. The molecule has 6 nitrogen and oxygen atoms in total. The summed E-state index contributed by atoms with van der Waals surface area (Å²) in [7, 11) is 0. The Kier molecular flexibility index (Phi) is 6.39. The summed E-state index contributed by atoms with van der Waals surface area (Å²) in [5.74, 6) is -0.603. The van der Waals surface area contributed by atoms with Crippen LogP contribution in [-0.2, 0) is 9.59 Å². The largest absolute Gasteiger partial charge is 0.366 e. The number of rotatable bonds is 4. The van der Waals surface area contributed by atoms with Crippen LogP contribution in [0.15, 0.2) is 18.2 Å². The van der Waals surface area contributed by atoms with Gasteiger partial charge in [-0.25, -0.2) is 4.39 Å². The molecule has 1 saturated carbocycles. The van der Waals surface area contributed by atoms with Crippen LogP contribution < -0.4 is 16.0 Å². The van der Waals surface area contributed by atoms with Crippen LogP contribution in [0.4, 0.5) is 10.1 Å². The number of hydrogen-bond acceptors (Lipinski definition) is 5. The number of anilines is 1. The van der Waals surface area contributed by atoms with Gasteiger partial charge in [-0.3, -0.25) is 19.8 Å². The van der Waals surface area contributed by atoms with Gasteiger partial charge in [0, 0.05) is 44.7 Å². The molecule has 2 amide bonds. The number of nitrogens with two attached hydrogens (primary N) is 1. The molecule has 0 spiro atoms. The predicted octanol–water partition coefficient (Wildman–Crippen LogP) is 2.37. The Morgan fingerprint density at radius 3 is 2.57 bits per heavy atom. The fourth-order valence-electron chi connectivity index (χ4n) is 5.20. The van der Waals surface area contributed by atoms with E-state index in [9.17, 15) is 14.0 Å². The number of nitrogens with zero attached hydrogens (tertiary/aromatic N) is 2. The van der Waals surface area contributed by atoms with Gasteiger partial charge in [0.1, 0.15) is 5.82 Å². The third-order valence-electron chi connectivity index (χ3n) is 7.10. The van der Waals surface area contributed by atoms with E-state index in [1.54, 1.807) is 6.07 Å². The molecule has 2 heterocycles. The molecule has 2 saturated heterocycles. The molecule has 3 aliphatic rings. The Balaban J connectivity index is 1.37. The SMILES string of the molecule is C[C@H]1CN(c2ccc(C3CCC(=O)NC3=O)cc2F)CCN1CC1CCC(N)CC1. The van der Waals surface area contributed by atoms with E-state index >= 15 is 0 Å². The van der Waals surface area contributed by atoms with E-state index in [1.807, 2.05) is 6.07 Å². The number of benzene rings is 1. The Hall–Kier alpha value is -1.99. The summed E-state index contributed by atoms with van der Waals surface area (Å²) in [6.07, 6.45) is 5.42. The standard InChI is InChI=1S/C23H33FN4O2/c1-15-13-28(11-10-27(15)14-16-2-5-18(25)6-3-16)21-8-4-17(12-20(21)24)19-7-9-22(29)26-23(19)30/h4,8,12,15-16,18-19H,2-3,5-7,9-11,13-14,25H2,1H3,(H,26,29,30)/t15-,16?,18?,19?/m0/s1. The van der Waals surface area contributed by atoms with Crippen LogP contribution >= 0.6 is 0 Å². The van der Waals surface area contributed by atoms with Gasteiger partial charge in [0.2, 0.25) is 11.8 Å². The lowest BCUT2D eigenvalue weighted by Crippen LogP contribution is -2.53. The summed E-state index contributed by atoms with van der Waals surface area (Å²) < 4.78 is 15.0. The number of carbonyl (C=O) groups excluding carboxylic acids is 2. The average molecular weight is 417 g/mol. The third-order valence-corrected chi connectivity index (χ3v) is 7.10.